The lowest BCUT2D eigenvalue weighted by Crippen LogP contribution is -2.13. The lowest BCUT2D eigenvalue weighted by molar-refractivity contribution is 0.395. The van der Waals surface area contributed by atoms with Crippen LogP contribution in [0.2, 0.25) is 0 Å². The Balaban J connectivity index is 2.33. The molecule has 2 rings (SSSR count). The zero-order valence-electron chi connectivity index (χ0n) is 10.4. The topological polar surface area (TPSA) is 93.3 Å². The van der Waals surface area contributed by atoms with Crippen LogP contribution in [0.3, 0.4) is 0 Å². The predicted molar refractivity (Wildman–Crippen MR) is 68.9 cm³/mol. The molecule has 0 fully saturated rings. The normalized spacial score (nSPS) is 11.1. The molecule has 0 amide bonds. The molecule has 0 atom stereocenters. The highest BCUT2D eigenvalue weighted by Crippen LogP contribution is 2.27. The van der Waals surface area contributed by atoms with Gasteiger partial charge in [-0.3, -0.25) is 9.82 Å². The van der Waals surface area contributed by atoms with Crippen molar-refractivity contribution in [1.82, 2.24) is 10.2 Å². The maximum atomic E-state index is 12.0. The van der Waals surface area contributed by atoms with E-state index in [0.29, 0.717) is 17.2 Å². The molecular formula is C11H13N3O4S. The maximum Gasteiger partial charge on any atom is 0.278 e. The average molecular weight is 283 g/mol. The fourth-order valence-corrected chi connectivity index (χ4v) is 2.42. The van der Waals surface area contributed by atoms with Gasteiger partial charge in [0.1, 0.15) is 11.5 Å². The van der Waals surface area contributed by atoms with Gasteiger partial charge < -0.3 is 9.47 Å². The van der Waals surface area contributed by atoms with Crippen LogP contribution in [0.5, 0.6) is 11.5 Å². The summed E-state index contributed by atoms with van der Waals surface area (Å²) in [6.07, 6.45) is 1.36. The molecule has 2 aromatic rings. The van der Waals surface area contributed by atoms with E-state index in [2.05, 4.69) is 14.9 Å². The summed E-state index contributed by atoms with van der Waals surface area (Å²) in [5.74, 6) is 0.975. The molecule has 0 saturated heterocycles. The molecule has 102 valence electrons. The number of H-pyrrole nitrogens is 1. The van der Waals surface area contributed by atoms with Crippen LogP contribution < -0.4 is 14.2 Å². The number of sulfonamides is 1. The van der Waals surface area contributed by atoms with Gasteiger partial charge in [-0.25, -0.2) is 0 Å². The highest BCUT2D eigenvalue weighted by atomic mass is 32.2. The summed E-state index contributed by atoms with van der Waals surface area (Å²) in [6.45, 7) is 0. The second-order valence-corrected chi connectivity index (χ2v) is 5.28. The first-order valence-corrected chi connectivity index (χ1v) is 6.79. The smallest absolute Gasteiger partial charge is 0.278 e. The molecule has 0 aliphatic carbocycles. The van der Waals surface area contributed by atoms with Crippen LogP contribution in [0.15, 0.2) is 35.5 Å². The molecule has 0 radical (unpaired) electrons. The Kier molecular flexibility index (Phi) is 3.61. The molecule has 8 heteroatoms. The van der Waals surface area contributed by atoms with E-state index < -0.39 is 10.0 Å². The van der Waals surface area contributed by atoms with Gasteiger partial charge in [-0.05, 0) is 6.07 Å². The molecule has 0 bridgehead atoms. The van der Waals surface area contributed by atoms with Crippen molar-refractivity contribution in [3.63, 3.8) is 0 Å². The van der Waals surface area contributed by atoms with Gasteiger partial charge in [0.05, 0.1) is 26.1 Å². The van der Waals surface area contributed by atoms with Crippen LogP contribution in [-0.4, -0.2) is 32.8 Å². The lowest BCUT2D eigenvalue weighted by atomic mass is 10.3. The summed E-state index contributed by atoms with van der Waals surface area (Å²) >= 11 is 0. The minimum Gasteiger partial charge on any atom is -0.497 e. The summed E-state index contributed by atoms with van der Waals surface area (Å²) in [5, 5.41) is 5.98. The van der Waals surface area contributed by atoms with E-state index in [1.807, 2.05) is 0 Å². The minimum atomic E-state index is -3.70. The number of nitrogens with one attached hydrogen (secondary N) is 2. The Morgan fingerprint density at radius 1 is 1.16 bits per heavy atom. The second-order valence-electron chi connectivity index (χ2n) is 3.63. The Morgan fingerprint density at radius 3 is 2.26 bits per heavy atom. The standard InChI is InChI=1S/C11H13N3O4S/c1-17-9-5-8(6-10(7-9)18-2)14-19(15,16)11-3-4-12-13-11/h3-7,14H,1-2H3,(H,12,13). The second kappa shape index (κ2) is 5.19. The first kappa shape index (κ1) is 13.2. The number of hydrogen-bond acceptors (Lipinski definition) is 5. The van der Waals surface area contributed by atoms with Crippen LogP contribution in [0.25, 0.3) is 0 Å². The predicted octanol–water partition coefficient (Wildman–Crippen LogP) is 1.23. The summed E-state index contributed by atoms with van der Waals surface area (Å²) < 4.78 is 36.5. The summed E-state index contributed by atoms with van der Waals surface area (Å²) in [7, 11) is -0.723. The molecule has 0 aliphatic rings. The van der Waals surface area contributed by atoms with Crippen molar-refractivity contribution in [2.45, 2.75) is 5.03 Å². The van der Waals surface area contributed by atoms with Crippen molar-refractivity contribution in [1.29, 1.82) is 0 Å². The van der Waals surface area contributed by atoms with Crippen molar-refractivity contribution in [3.8, 4) is 11.5 Å². The monoisotopic (exact) mass is 283 g/mol. The van der Waals surface area contributed by atoms with E-state index in [1.165, 1.54) is 26.5 Å². The number of benzene rings is 1. The van der Waals surface area contributed by atoms with Gasteiger partial charge in [-0.2, -0.15) is 13.5 Å². The molecule has 1 aromatic heterocycles. The molecule has 0 unspecified atom stereocenters. The number of aromatic amines is 1. The zero-order valence-corrected chi connectivity index (χ0v) is 11.2. The average Bonchev–Trinajstić information content (AvgIpc) is 2.92. The molecule has 0 spiro atoms. The van der Waals surface area contributed by atoms with Crippen LogP contribution in [0.1, 0.15) is 0 Å². The van der Waals surface area contributed by atoms with E-state index in [1.54, 1.807) is 18.2 Å². The molecular weight excluding hydrogens is 270 g/mol. The van der Waals surface area contributed by atoms with Gasteiger partial charge >= 0.3 is 0 Å². The van der Waals surface area contributed by atoms with Crippen molar-refractivity contribution < 1.29 is 17.9 Å². The van der Waals surface area contributed by atoms with Crippen LogP contribution in [-0.2, 0) is 10.0 Å². The van der Waals surface area contributed by atoms with Crippen LogP contribution >= 0.6 is 0 Å². The van der Waals surface area contributed by atoms with Gasteiger partial charge in [-0.1, -0.05) is 0 Å². The number of nitrogens with zero attached hydrogens (tertiary/aromatic N) is 1. The molecule has 2 N–H and O–H groups in total. The summed E-state index contributed by atoms with van der Waals surface area (Å²) in [5.41, 5.74) is 0.339. The third kappa shape index (κ3) is 2.97. The summed E-state index contributed by atoms with van der Waals surface area (Å²) in [6, 6.07) is 6.11. The van der Waals surface area contributed by atoms with Gasteiger partial charge in [0.2, 0.25) is 0 Å². The first-order valence-electron chi connectivity index (χ1n) is 5.30. The zero-order chi connectivity index (χ0) is 13.9. The first-order chi connectivity index (χ1) is 9.05. The third-order valence-electron chi connectivity index (χ3n) is 2.37. The van der Waals surface area contributed by atoms with E-state index >= 15 is 0 Å². The maximum absolute atomic E-state index is 12.0. The number of anilines is 1. The number of aromatic nitrogens is 2. The fraction of sp³-hybridized carbons (Fsp3) is 0.182. The number of methoxy groups -OCH3 is 2. The molecule has 1 heterocycles. The quantitative estimate of drug-likeness (QED) is 0.860. The largest absolute Gasteiger partial charge is 0.497 e. The van der Waals surface area contributed by atoms with Crippen molar-refractivity contribution in [2.75, 3.05) is 18.9 Å². The van der Waals surface area contributed by atoms with E-state index in [-0.39, 0.29) is 5.03 Å². The van der Waals surface area contributed by atoms with Gasteiger partial charge in [0.25, 0.3) is 10.0 Å². The number of rotatable bonds is 5. The van der Waals surface area contributed by atoms with Crippen molar-refractivity contribution >= 4 is 15.7 Å². The summed E-state index contributed by atoms with van der Waals surface area (Å²) in [4.78, 5) is 0. The highest BCUT2D eigenvalue weighted by molar-refractivity contribution is 7.92. The molecule has 7 nitrogen and oxygen atoms in total. The van der Waals surface area contributed by atoms with Gasteiger partial charge in [0.15, 0.2) is 5.03 Å². The Labute approximate surface area is 110 Å². The van der Waals surface area contributed by atoms with Crippen molar-refractivity contribution in [2.24, 2.45) is 0 Å². The highest BCUT2D eigenvalue weighted by Gasteiger charge is 2.16. The lowest BCUT2D eigenvalue weighted by Gasteiger charge is -2.10. The van der Waals surface area contributed by atoms with Crippen LogP contribution in [0, 0.1) is 0 Å². The molecule has 19 heavy (non-hydrogen) atoms. The Bertz CT molecular complexity index is 630. The van der Waals surface area contributed by atoms with Gasteiger partial charge in [-0.15, -0.1) is 0 Å². The minimum absolute atomic E-state index is 0.0192. The fourth-order valence-electron chi connectivity index (χ4n) is 1.47. The van der Waals surface area contributed by atoms with E-state index in [4.69, 9.17) is 9.47 Å². The third-order valence-corrected chi connectivity index (χ3v) is 3.68. The van der Waals surface area contributed by atoms with Crippen molar-refractivity contribution in [3.05, 3.63) is 30.5 Å². The number of ether oxygens (including phenoxy) is 2. The van der Waals surface area contributed by atoms with Crippen LogP contribution in [0.4, 0.5) is 5.69 Å². The van der Waals surface area contributed by atoms with Gasteiger partial charge in [0, 0.05) is 18.2 Å². The molecule has 1 aromatic carbocycles. The SMILES string of the molecule is COc1cc(NS(=O)(=O)c2ccn[nH]2)cc(OC)c1. The Morgan fingerprint density at radius 2 is 1.79 bits per heavy atom. The molecule has 0 aliphatic heterocycles. The Hall–Kier alpha value is -2.22. The molecule has 0 saturated carbocycles. The van der Waals surface area contributed by atoms with E-state index in [9.17, 15) is 8.42 Å². The number of hydrogen-bond donors (Lipinski definition) is 2. The van der Waals surface area contributed by atoms with E-state index in [0.717, 1.165) is 0 Å².